The lowest BCUT2D eigenvalue weighted by Gasteiger charge is -2.35. The number of aryl methyl sites for hydroxylation is 2. The maximum Gasteiger partial charge on any atom is 0.256 e. The monoisotopic (exact) mass is 466 g/mol. The van der Waals surface area contributed by atoms with Crippen molar-refractivity contribution in [2.45, 2.75) is 39.2 Å². The molecule has 4 aromatic rings. The van der Waals surface area contributed by atoms with Crippen LogP contribution in [0.15, 0.2) is 67.4 Å². The highest BCUT2D eigenvalue weighted by Gasteiger charge is 2.31. The fraction of sp³-hybridized carbons (Fsp3) is 0.259. The molecule has 0 radical (unpaired) electrons. The van der Waals surface area contributed by atoms with Crippen molar-refractivity contribution >= 4 is 5.91 Å². The smallest absolute Gasteiger partial charge is 0.256 e. The Hall–Kier alpha value is -4.20. The second-order valence-corrected chi connectivity index (χ2v) is 8.69. The van der Waals surface area contributed by atoms with E-state index in [1.54, 1.807) is 24.7 Å². The molecular weight excluding hydrogens is 440 g/mol. The number of likely N-dealkylation sites (tertiary alicyclic amines) is 1. The summed E-state index contributed by atoms with van der Waals surface area (Å²) in [5.41, 5.74) is 4.01. The van der Waals surface area contributed by atoms with Crippen LogP contribution in [0.3, 0.4) is 0 Å². The predicted octanol–water partition coefficient (Wildman–Crippen LogP) is 5.11. The van der Waals surface area contributed by atoms with E-state index in [1.165, 1.54) is 6.33 Å². The normalized spacial score (nSPS) is 15.6. The number of aromatic nitrogens is 5. The Morgan fingerprint density at radius 2 is 1.77 bits per heavy atom. The summed E-state index contributed by atoms with van der Waals surface area (Å²) >= 11 is 0. The first-order chi connectivity index (χ1) is 17.1. The lowest BCUT2D eigenvalue weighted by atomic mass is 10.00. The van der Waals surface area contributed by atoms with Gasteiger partial charge in [0.2, 0.25) is 5.88 Å². The summed E-state index contributed by atoms with van der Waals surface area (Å²) in [5.74, 6) is 1.71. The number of pyridine rings is 1. The van der Waals surface area contributed by atoms with Crippen LogP contribution >= 0.6 is 0 Å². The lowest BCUT2D eigenvalue weighted by molar-refractivity contribution is 0.0598. The number of carbonyl (C=O) groups is 1. The minimum absolute atomic E-state index is 0.0795. The molecule has 1 aromatic carbocycles. The van der Waals surface area contributed by atoms with Gasteiger partial charge in [-0.25, -0.2) is 15.0 Å². The van der Waals surface area contributed by atoms with E-state index in [4.69, 9.17) is 9.72 Å². The van der Waals surface area contributed by atoms with Gasteiger partial charge in [0.15, 0.2) is 5.82 Å². The van der Waals surface area contributed by atoms with Gasteiger partial charge in [-0.15, -0.1) is 0 Å². The van der Waals surface area contributed by atoms with Gasteiger partial charge in [-0.1, -0.05) is 17.7 Å². The van der Waals surface area contributed by atoms with Crippen LogP contribution in [0.25, 0.3) is 11.3 Å². The Morgan fingerprint density at radius 3 is 2.51 bits per heavy atom. The van der Waals surface area contributed by atoms with Gasteiger partial charge in [-0.05, 0) is 57.4 Å². The van der Waals surface area contributed by atoms with Crippen molar-refractivity contribution in [2.24, 2.45) is 0 Å². The Kier molecular flexibility index (Phi) is 6.43. The Morgan fingerprint density at radius 1 is 0.971 bits per heavy atom. The van der Waals surface area contributed by atoms with Crippen LogP contribution in [-0.2, 0) is 0 Å². The van der Waals surface area contributed by atoms with Crippen molar-refractivity contribution in [2.75, 3.05) is 6.54 Å². The van der Waals surface area contributed by atoms with Crippen LogP contribution in [0.4, 0.5) is 0 Å². The van der Waals surface area contributed by atoms with Gasteiger partial charge >= 0.3 is 0 Å². The van der Waals surface area contributed by atoms with E-state index >= 15 is 0 Å². The summed E-state index contributed by atoms with van der Waals surface area (Å²) in [6.45, 7) is 4.59. The van der Waals surface area contributed by atoms with Crippen molar-refractivity contribution in [1.29, 1.82) is 0 Å². The first kappa shape index (κ1) is 22.6. The first-order valence-electron chi connectivity index (χ1n) is 11.7. The number of benzene rings is 1. The predicted molar refractivity (Wildman–Crippen MR) is 131 cm³/mol. The Balaban J connectivity index is 1.39. The molecule has 35 heavy (non-hydrogen) atoms. The number of piperidine rings is 1. The lowest BCUT2D eigenvalue weighted by Crippen LogP contribution is -2.39. The third kappa shape index (κ3) is 5.16. The molecule has 0 saturated carbocycles. The highest BCUT2D eigenvalue weighted by molar-refractivity contribution is 5.94. The van der Waals surface area contributed by atoms with Crippen LogP contribution in [-0.4, -0.2) is 42.3 Å². The van der Waals surface area contributed by atoms with Crippen LogP contribution in [0.5, 0.6) is 11.6 Å². The Labute approximate surface area is 204 Å². The van der Waals surface area contributed by atoms with E-state index in [0.29, 0.717) is 29.6 Å². The molecular formula is C27H26N6O2. The molecule has 1 atom stereocenters. The van der Waals surface area contributed by atoms with Gasteiger partial charge in [0.05, 0.1) is 17.3 Å². The summed E-state index contributed by atoms with van der Waals surface area (Å²) in [4.78, 5) is 37.3. The number of hydrogen-bond acceptors (Lipinski definition) is 7. The summed E-state index contributed by atoms with van der Waals surface area (Å²) in [5, 5.41) is 0. The van der Waals surface area contributed by atoms with Crippen LogP contribution < -0.4 is 4.74 Å². The maximum absolute atomic E-state index is 13.5. The summed E-state index contributed by atoms with van der Waals surface area (Å²) < 4.78 is 6.01. The fourth-order valence-corrected chi connectivity index (χ4v) is 4.22. The number of nitrogens with zero attached hydrogens (tertiary/aromatic N) is 6. The minimum atomic E-state index is -0.223. The van der Waals surface area contributed by atoms with Crippen LogP contribution in [0, 0.1) is 13.8 Å². The summed E-state index contributed by atoms with van der Waals surface area (Å²) in [7, 11) is 0. The summed E-state index contributed by atoms with van der Waals surface area (Å²) in [6, 6.07) is 13.0. The molecule has 3 aromatic heterocycles. The average molecular weight is 467 g/mol. The standard InChI is InChI=1S/C27H26N6O2/c1-18-6-9-22(10-7-18)35-25-13-19(2)31-26(32-25)24-5-3-4-12-33(24)27(34)20-8-11-23(30-16-20)21-14-28-17-29-15-21/h6-11,13-17,24H,3-5,12H2,1-2H3/t24-/m1/s1. The molecule has 176 valence electrons. The molecule has 0 N–H and O–H groups in total. The van der Waals surface area contributed by atoms with Crippen molar-refractivity contribution in [3.8, 4) is 22.9 Å². The molecule has 8 heteroatoms. The molecule has 0 spiro atoms. The van der Waals surface area contributed by atoms with E-state index < -0.39 is 0 Å². The van der Waals surface area contributed by atoms with E-state index in [9.17, 15) is 4.79 Å². The second-order valence-electron chi connectivity index (χ2n) is 8.69. The maximum atomic E-state index is 13.5. The molecule has 4 heterocycles. The molecule has 8 nitrogen and oxygen atoms in total. The highest BCUT2D eigenvalue weighted by atomic mass is 16.5. The van der Waals surface area contributed by atoms with Crippen LogP contribution in [0.2, 0.25) is 0 Å². The van der Waals surface area contributed by atoms with E-state index in [1.807, 2.05) is 55.1 Å². The van der Waals surface area contributed by atoms with Gasteiger partial charge in [-0.3, -0.25) is 9.78 Å². The van der Waals surface area contributed by atoms with E-state index in [0.717, 1.165) is 41.8 Å². The van der Waals surface area contributed by atoms with E-state index in [2.05, 4.69) is 19.9 Å². The number of hydrogen-bond donors (Lipinski definition) is 0. The zero-order valence-electron chi connectivity index (χ0n) is 19.8. The van der Waals surface area contributed by atoms with Gasteiger partial charge in [0.1, 0.15) is 12.1 Å². The quantitative estimate of drug-likeness (QED) is 0.404. The number of rotatable bonds is 5. The SMILES string of the molecule is Cc1ccc(Oc2cc(C)nc([C@H]3CCCCN3C(=O)c3ccc(-c4cncnc4)nc3)n2)cc1. The van der Waals surface area contributed by atoms with Crippen LogP contribution in [0.1, 0.15) is 52.7 Å². The molecule has 5 rings (SSSR count). The molecule has 1 amide bonds. The van der Waals surface area contributed by atoms with Crippen molar-refractivity contribution < 1.29 is 9.53 Å². The molecule has 0 bridgehead atoms. The topological polar surface area (TPSA) is 94.0 Å². The fourth-order valence-electron chi connectivity index (χ4n) is 4.22. The first-order valence-corrected chi connectivity index (χ1v) is 11.7. The van der Waals surface area contributed by atoms with Crippen molar-refractivity contribution in [3.63, 3.8) is 0 Å². The summed E-state index contributed by atoms with van der Waals surface area (Å²) in [6.07, 6.45) is 9.22. The molecule has 1 aliphatic heterocycles. The zero-order valence-corrected chi connectivity index (χ0v) is 19.8. The Bertz CT molecular complexity index is 1310. The largest absolute Gasteiger partial charge is 0.439 e. The molecule has 1 saturated heterocycles. The third-order valence-corrected chi connectivity index (χ3v) is 6.02. The van der Waals surface area contributed by atoms with Gasteiger partial charge in [0, 0.05) is 42.5 Å². The van der Waals surface area contributed by atoms with Crippen molar-refractivity contribution in [3.05, 3.63) is 90.0 Å². The molecule has 1 aliphatic rings. The minimum Gasteiger partial charge on any atom is -0.439 e. The average Bonchev–Trinajstić information content (AvgIpc) is 2.90. The van der Waals surface area contributed by atoms with Gasteiger partial charge in [-0.2, -0.15) is 4.98 Å². The third-order valence-electron chi connectivity index (χ3n) is 6.02. The van der Waals surface area contributed by atoms with Gasteiger partial charge < -0.3 is 9.64 Å². The van der Waals surface area contributed by atoms with E-state index in [-0.39, 0.29) is 11.9 Å². The second kappa shape index (κ2) is 9.97. The molecule has 0 aliphatic carbocycles. The number of amides is 1. The molecule has 1 fully saturated rings. The zero-order chi connectivity index (χ0) is 24.2. The molecule has 0 unspecified atom stereocenters. The number of carbonyl (C=O) groups excluding carboxylic acids is 1. The number of ether oxygens (including phenoxy) is 1. The van der Waals surface area contributed by atoms with Gasteiger partial charge in [0.25, 0.3) is 5.91 Å². The highest BCUT2D eigenvalue weighted by Crippen LogP contribution is 2.32. The van der Waals surface area contributed by atoms with Crippen molar-refractivity contribution in [1.82, 2.24) is 29.8 Å².